The Bertz CT molecular complexity index is 733. The molecule has 0 saturated carbocycles. The lowest BCUT2D eigenvalue weighted by molar-refractivity contribution is 0.102. The van der Waals surface area contributed by atoms with Crippen LogP contribution in [-0.4, -0.2) is 5.91 Å². The van der Waals surface area contributed by atoms with Crippen molar-refractivity contribution in [3.63, 3.8) is 0 Å². The number of rotatable bonds is 2. The van der Waals surface area contributed by atoms with Gasteiger partial charge in [-0.1, -0.05) is 0 Å². The number of amides is 1. The Morgan fingerprint density at radius 1 is 0.810 bits per heavy atom. The van der Waals surface area contributed by atoms with E-state index in [0.29, 0.717) is 18.2 Å². The smallest absolute Gasteiger partial charge is 0.258 e. The van der Waals surface area contributed by atoms with E-state index in [1.807, 2.05) is 5.32 Å². The fourth-order valence-corrected chi connectivity index (χ4v) is 1.55. The minimum absolute atomic E-state index is 0.223. The molecule has 0 aliphatic rings. The maximum absolute atomic E-state index is 13.4. The van der Waals surface area contributed by atoms with Gasteiger partial charge in [-0.15, -0.1) is 0 Å². The molecule has 0 aromatic heterocycles. The fraction of sp³-hybridized carbons (Fsp3) is 0. The number of benzene rings is 2. The number of hydrogen-bond donors (Lipinski definition) is 2. The first-order valence-electron chi connectivity index (χ1n) is 5.50. The maximum atomic E-state index is 13.4. The molecule has 0 radical (unpaired) electrons. The molecule has 0 spiro atoms. The van der Waals surface area contributed by atoms with Gasteiger partial charge in [-0.05, 0) is 6.07 Å². The molecule has 3 nitrogen and oxygen atoms in total. The molecule has 0 saturated heterocycles. The van der Waals surface area contributed by atoms with Crippen molar-refractivity contribution < 1.29 is 26.7 Å². The molecule has 0 aliphatic carbocycles. The normalized spacial score (nSPS) is 10.5. The molecule has 2 aromatic carbocycles. The van der Waals surface area contributed by atoms with Gasteiger partial charge in [0.25, 0.3) is 5.91 Å². The molecule has 21 heavy (non-hydrogen) atoms. The highest BCUT2D eigenvalue weighted by Crippen LogP contribution is 2.21. The van der Waals surface area contributed by atoms with E-state index in [1.165, 1.54) is 0 Å². The van der Waals surface area contributed by atoms with Crippen molar-refractivity contribution in [3.8, 4) is 0 Å². The van der Waals surface area contributed by atoms with Crippen LogP contribution >= 0.6 is 0 Å². The lowest BCUT2D eigenvalue weighted by Gasteiger charge is -2.09. The number of nitrogens with two attached hydrogens (primary N) is 1. The van der Waals surface area contributed by atoms with Crippen LogP contribution in [0.25, 0.3) is 0 Å². The summed E-state index contributed by atoms with van der Waals surface area (Å²) in [7, 11) is 0. The topological polar surface area (TPSA) is 55.1 Å². The van der Waals surface area contributed by atoms with Crippen LogP contribution in [0.1, 0.15) is 10.4 Å². The van der Waals surface area contributed by atoms with E-state index >= 15 is 0 Å². The highest BCUT2D eigenvalue weighted by molar-refractivity contribution is 6.05. The monoisotopic (exact) mass is 302 g/mol. The second-order valence-corrected chi connectivity index (χ2v) is 4.05. The molecule has 2 aromatic rings. The van der Waals surface area contributed by atoms with Crippen molar-refractivity contribution in [1.82, 2.24) is 0 Å². The molecule has 0 unspecified atom stereocenters. The van der Waals surface area contributed by atoms with Crippen LogP contribution in [0.4, 0.5) is 33.3 Å². The zero-order valence-corrected chi connectivity index (χ0v) is 10.2. The number of carbonyl (C=O) groups is 1. The van der Waals surface area contributed by atoms with E-state index in [-0.39, 0.29) is 6.07 Å². The summed E-state index contributed by atoms with van der Waals surface area (Å²) in [6.45, 7) is 0. The van der Waals surface area contributed by atoms with Gasteiger partial charge >= 0.3 is 0 Å². The summed E-state index contributed by atoms with van der Waals surface area (Å²) in [6.07, 6.45) is 0. The van der Waals surface area contributed by atoms with Crippen molar-refractivity contribution in [2.45, 2.75) is 0 Å². The Morgan fingerprint density at radius 2 is 1.38 bits per heavy atom. The summed E-state index contributed by atoms with van der Waals surface area (Å²) in [5.74, 6) is -7.58. The van der Waals surface area contributed by atoms with Gasteiger partial charge in [0.2, 0.25) is 0 Å². The zero-order chi connectivity index (χ0) is 15.7. The van der Waals surface area contributed by atoms with Crippen LogP contribution in [-0.2, 0) is 0 Å². The summed E-state index contributed by atoms with van der Waals surface area (Å²) in [6, 6.07) is 1.71. The number of carbonyl (C=O) groups excluding carboxylic acids is 1. The van der Waals surface area contributed by atoms with Crippen molar-refractivity contribution in [2.24, 2.45) is 0 Å². The Labute approximate surface area is 115 Å². The molecule has 0 bridgehead atoms. The molecule has 2 rings (SSSR count). The predicted octanol–water partition coefficient (Wildman–Crippen LogP) is 3.22. The Hall–Kier alpha value is -2.64. The molecule has 0 fully saturated rings. The van der Waals surface area contributed by atoms with Crippen molar-refractivity contribution in [2.75, 3.05) is 11.1 Å². The van der Waals surface area contributed by atoms with Gasteiger partial charge < -0.3 is 11.1 Å². The SMILES string of the molecule is Nc1cc(C(=O)Nc2cc(F)c(F)cc2F)c(F)cc1F. The van der Waals surface area contributed by atoms with Gasteiger partial charge in [-0.2, -0.15) is 0 Å². The third-order valence-corrected chi connectivity index (χ3v) is 2.59. The van der Waals surface area contributed by atoms with Crippen molar-refractivity contribution in [3.05, 3.63) is 58.9 Å². The van der Waals surface area contributed by atoms with Gasteiger partial charge in [-0.3, -0.25) is 4.79 Å². The molecule has 0 atom stereocenters. The second-order valence-electron chi connectivity index (χ2n) is 4.05. The minimum Gasteiger partial charge on any atom is -0.396 e. The summed E-state index contributed by atoms with van der Waals surface area (Å²) in [5, 5.41) is 1.84. The van der Waals surface area contributed by atoms with Crippen molar-refractivity contribution >= 4 is 17.3 Å². The van der Waals surface area contributed by atoms with E-state index < -0.39 is 51.9 Å². The predicted molar refractivity (Wildman–Crippen MR) is 65.0 cm³/mol. The number of hydrogen-bond acceptors (Lipinski definition) is 2. The van der Waals surface area contributed by atoms with Gasteiger partial charge in [-0.25, -0.2) is 22.0 Å². The number of nitrogen functional groups attached to an aromatic ring is 1. The average Bonchev–Trinajstić information content (AvgIpc) is 2.40. The first-order chi connectivity index (χ1) is 9.79. The van der Waals surface area contributed by atoms with E-state index in [1.54, 1.807) is 0 Å². The molecule has 0 aliphatic heterocycles. The number of halogens is 5. The number of anilines is 2. The van der Waals surface area contributed by atoms with Crippen LogP contribution in [0, 0.1) is 29.1 Å². The zero-order valence-electron chi connectivity index (χ0n) is 10.2. The summed E-state index contributed by atoms with van der Waals surface area (Å²) >= 11 is 0. The van der Waals surface area contributed by atoms with Crippen LogP contribution in [0.2, 0.25) is 0 Å². The number of nitrogens with one attached hydrogen (secondary N) is 1. The van der Waals surface area contributed by atoms with Gasteiger partial charge in [0.15, 0.2) is 11.6 Å². The van der Waals surface area contributed by atoms with E-state index in [2.05, 4.69) is 0 Å². The van der Waals surface area contributed by atoms with Crippen LogP contribution in [0.3, 0.4) is 0 Å². The largest absolute Gasteiger partial charge is 0.396 e. The molecule has 0 heterocycles. The molecular weight excluding hydrogens is 295 g/mol. The highest BCUT2D eigenvalue weighted by Gasteiger charge is 2.18. The van der Waals surface area contributed by atoms with Gasteiger partial charge in [0.05, 0.1) is 16.9 Å². The third-order valence-electron chi connectivity index (χ3n) is 2.59. The highest BCUT2D eigenvalue weighted by atomic mass is 19.2. The minimum atomic E-state index is -1.44. The lowest BCUT2D eigenvalue weighted by Crippen LogP contribution is -2.16. The van der Waals surface area contributed by atoms with Crippen LogP contribution in [0.15, 0.2) is 24.3 Å². The van der Waals surface area contributed by atoms with Crippen LogP contribution < -0.4 is 11.1 Å². The molecule has 110 valence electrons. The molecule has 8 heteroatoms. The van der Waals surface area contributed by atoms with Gasteiger partial charge in [0.1, 0.15) is 17.5 Å². The standard InChI is InChI=1S/C13H7F5N2O/c14-6-2-9(17)11(19)1-5(6)13(21)20-12-4-8(16)7(15)3-10(12)18/h1-4H,19H2,(H,20,21). The molecule has 3 N–H and O–H groups in total. The lowest BCUT2D eigenvalue weighted by atomic mass is 10.1. The quantitative estimate of drug-likeness (QED) is 0.508. The van der Waals surface area contributed by atoms with E-state index in [4.69, 9.17) is 5.73 Å². The average molecular weight is 302 g/mol. The Kier molecular flexibility index (Phi) is 3.79. The fourth-order valence-electron chi connectivity index (χ4n) is 1.55. The van der Waals surface area contributed by atoms with Crippen molar-refractivity contribution in [1.29, 1.82) is 0 Å². The summed E-state index contributed by atoms with van der Waals surface area (Å²) < 4.78 is 65.5. The van der Waals surface area contributed by atoms with Crippen LogP contribution in [0.5, 0.6) is 0 Å². The van der Waals surface area contributed by atoms with Gasteiger partial charge in [0, 0.05) is 18.2 Å². The second kappa shape index (κ2) is 5.39. The van der Waals surface area contributed by atoms with E-state index in [9.17, 15) is 26.7 Å². The Balaban J connectivity index is 2.35. The first-order valence-corrected chi connectivity index (χ1v) is 5.50. The Morgan fingerprint density at radius 3 is 2.05 bits per heavy atom. The molecular formula is C13H7F5N2O. The molecule has 1 amide bonds. The first kappa shape index (κ1) is 14.8. The third kappa shape index (κ3) is 2.93. The van der Waals surface area contributed by atoms with E-state index in [0.717, 1.165) is 0 Å². The summed E-state index contributed by atoms with van der Waals surface area (Å²) in [5.41, 5.74) is 3.33. The maximum Gasteiger partial charge on any atom is 0.258 e. The summed E-state index contributed by atoms with van der Waals surface area (Å²) in [4.78, 5) is 11.7.